The molecule has 44 heteroatoms. The minimum absolute atomic E-state index is 0.130. The molecular weight excluding hydrogens is 1460 g/mol. The molecule has 28 N–H and O–H groups in total. The van der Waals surface area contributed by atoms with E-state index < -0.39 is 265 Å². The molecule has 0 fully saturated rings. The first-order valence-corrected chi connectivity index (χ1v) is 35.9. The van der Waals surface area contributed by atoms with E-state index >= 15 is 0 Å². The van der Waals surface area contributed by atoms with Crippen LogP contribution in [0.1, 0.15) is 138 Å². The standard InChI is InChI=1S/C64H107N21O21S2/c1-9-31(8)51(63(104)77-36(15-18-47(91)92)56(97)81-40(25-107)59(100)84-50(30(6)7)64(105)106)85-60(101)41(26-108)80-54(95)34(12-10-11-19-65)75-55(96)35(14-17-43(68)87)76-61(102)48(28(2)3)83-62(103)49(29(4)5)82-58(99)37(20-32-23-71-27-73-32)79-57(98)39(22-45(70)89)74-46(90)24-72-53(94)38(21-44(69)88)78-52(93)33(66)13-16-42(67)86/h23,27-31,33-41,48-51,107-108H,9-22,24-26,65-66H2,1-8H3,(H2,67,86)(H2,68,87)(H2,69,88)(H2,70,89)(H,71,73)(H,72,94)(H,74,90)(H,75,96)(H,76,102)(H,77,104)(H,78,93)(H,79,98)(H,80,95)(H,81,97)(H,82,99)(H,83,103)(H,84,100)(H,85,101)(H,91,92)(H,105,106)/t31-,33-,34-,35-,36-,37-,38-,39-,40-,41-,48-,49-,50-,51-/m0/s1. The van der Waals surface area contributed by atoms with E-state index in [1.54, 1.807) is 13.8 Å². The Kier molecular flexibility index (Phi) is 43.3. The molecule has 108 heavy (non-hydrogen) atoms. The van der Waals surface area contributed by atoms with Gasteiger partial charge in [0.25, 0.3) is 0 Å². The van der Waals surface area contributed by atoms with E-state index in [0.717, 1.165) is 0 Å². The number of primary amides is 4. The Balaban J connectivity index is 3.55. The minimum Gasteiger partial charge on any atom is -0.481 e. The predicted octanol–water partition coefficient (Wildman–Crippen LogP) is -8.55. The molecule has 1 aromatic heterocycles. The van der Waals surface area contributed by atoms with Gasteiger partial charge in [0.1, 0.15) is 72.5 Å². The van der Waals surface area contributed by atoms with Crippen molar-refractivity contribution in [3.63, 3.8) is 0 Å². The zero-order valence-electron chi connectivity index (χ0n) is 61.4. The highest BCUT2D eigenvalue weighted by Crippen LogP contribution is 2.15. The van der Waals surface area contributed by atoms with Gasteiger partial charge in [-0.25, -0.2) is 9.78 Å². The van der Waals surface area contributed by atoms with Crippen molar-refractivity contribution < 1.29 is 101 Å². The highest BCUT2D eigenvalue weighted by molar-refractivity contribution is 7.80. The second-order valence-corrected chi connectivity index (χ2v) is 27.2. The summed E-state index contributed by atoms with van der Waals surface area (Å²) in [6, 6.07) is -20.3. The van der Waals surface area contributed by atoms with Crippen molar-refractivity contribution in [1.82, 2.24) is 79.1 Å². The lowest BCUT2D eigenvalue weighted by Crippen LogP contribution is -2.62. The lowest BCUT2D eigenvalue weighted by atomic mass is 9.97. The van der Waals surface area contributed by atoms with Crippen LogP contribution in [0.2, 0.25) is 0 Å². The largest absolute Gasteiger partial charge is 0.481 e. The predicted molar refractivity (Wildman–Crippen MR) is 390 cm³/mol. The number of nitrogens with one attached hydrogen (secondary N) is 14. The molecule has 14 atom stereocenters. The maximum absolute atomic E-state index is 14.4. The number of aromatic amines is 1. The Morgan fingerprint density at radius 3 is 1.25 bits per heavy atom. The normalized spacial score (nSPS) is 15.0. The Hall–Kier alpha value is -10.2. The van der Waals surface area contributed by atoms with Crippen molar-refractivity contribution in [2.45, 2.75) is 217 Å². The number of nitrogens with two attached hydrogens (primary N) is 6. The summed E-state index contributed by atoms with van der Waals surface area (Å²) < 4.78 is 0. The van der Waals surface area contributed by atoms with Crippen LogP contribution in [-0.4, -0.2) is 236 Å². The van der Waals surface area contributed by atoms with Gasteiger partial charge in [-0.05, 0) is 68.7 Å². The fraction of sp³-hybridized carbons (Fsp3) is 0.656. The summed E-state index contributed by atoms with van der Waals surface area (Å²) in [5, 5.41) is 50.3. The monoisotopic (exact) mass is 1570 g/mol. The number of aromatic nitrogens is 2. The number of amides is 17. The summed E-state index contributed by atoms with van der Waals surface area (Å²) >= 11 is 8.37. The number of thiol groups is 2. The highest BCUT2D eigenvalue weighted by atomic mass is 32.1. The fourth-order valence-corrected chi connectivity index (χ4v) is 10.5. The zero-order chi connectivity index (χ0) is 82.4. The third-order valence-electron chi connectivity index (χ3n) is 16.5. The number of imidazole rings is 1. The Bertz CT molecular complexity index is 3310. The van der Waals surface area contributed by atoms with Crippen molar-refractivity contribution in [1.29, 1.82) is 0 Å². The van der Waals surface area contributed by atoms with Gasteiger partial charge in [0, 0.05) is 49.1 Å². The Morgan fingerprint density at radius 2 is 0.815 bits per heavy atom. The molecule has 606 valence electrons. The number of carboxylic acid groups (broad SMARTS) is 2. The van der Waals surface area contributed by atoms with Crippen LogP contribution in [0.5, 0.6) is 0 Å². The molecule has 0 aromatic carbocycles. The summed E-state index contributed by atoms with van der Waals surface area (Å²) in [7, 11) is 0. The molecule has 42 nitrogen and oxygen atoms in total. The van der Waals surface area contributed by atoms with Crippen LogP contribution in [0.25, 0.3) is 0 Å². The second-order valence-electron chi connectivity index (χ2n) is 26.5. The van der Waals surface area contributed by atoms with E-state index in [-0.39, 0.29) is 56.5 Å². The van der Waals surface area contributed by atoms with E-state index in [9.17, 15) is 101 Å². The first-order chi connectivity index (χ1) is 50.5. The maximum Gasteiger partial charge on any atom is 0.326 e. The molecule has 0 saturated heterocycles. The number of hydrogen-bond donors (Lipinski definition) is 24. The van der Waals surface area contributed by atoms with Crippen LogP contribution in [-0.2, 0) is 97.5 Å². The molecular formula is C64H107N21O21S2. The van der Waals surface area contributed by atoms with Crippen LogP contribution in [0.15, 0.2) is 12.5 Å². The molecule has 17 amide bonds. The van der Waals surface area contributed by atoms with E-state index in [0.29, 0.717) is 6.42 Å². The van der Waals surface area contributed by atoms with Crippen LogP contribution >= 0.6 is 25.3 Å². The first kappa shape index (κ1) is 95.8. The SMILES string of the molecule is CC[C@H](C)[C@H](NC(=O)[C@H](CS)NC(=O)[C@H](CCCCN)NC(=O)[C@H](CCC(N)=O)NC(=O)[C@@H](NC(=O)[C@@H](NC(=O)[C@H](Cc1cnc[nH]1)NC(=O)[C@H](CC(N)=O)NC(=O)CNC(=O)[C@H](CC(N)=O)NC(=O)[C@@H](N)CCC(N)=O)C(C)C)C(C)C)C(=O)N[C@@H](CCC(=O)O)C(=O)N[C@@H](CS)C(=O)N[C@H](C(=O)O)C(C)C. The third kappa shape index (κ3) is 35.4. The van der Waals surface area contributed by atoms with E-state index in [4.69, 9.17) is 34.4 Å². The number of H-pyrrole nitrogens is 1. The summed E-state index contributed by atoms with van der Waals surface area (Å²) in [6.45, 7) is 11.5. The van der Waals surface area contributed by atoms with E-state index in [1.165, 1.54) is 54.1 Å². The van der Waals surface area contributed by atoms with Gasteiger partial charge in [-0.15, -0.1) is 0 Å². The summed E-state index contributed by atoms with van der Waals surface area (Å²) in [6.07, 6.45) is -1.66. The quantitative estimate of drug-likeness (QED) is 0.0213. The van der Waals surface area contributed by atoms with E-state index in [1.807, 2.05) is 0 Å². The fourth-order valence-electron chi connectivity index (χ4n) is 10.0. The molecule has 1 heterocycles. The first-order valence-electron chi connectivity index (χ1n) is 34.7. The van der Waals surface area contributed by atoms with Gasteiger partial charge >= 0.3 is 11.9 Å². The van der Waals surface area contributed by atoms with Gasteiger partial charge in [0.15, 0.2) is 0 Å². The Labute approximate surface area is 633 Å². The number of hydrogen-bond acceptors (Lipinski definition) is 24. The number of carbonyl (C=O) groups is 19. The third-order valence-corrected chi connectivity index (χ3v) is 17.2. The molecule has 0 aliphatic heterocycles. The van der Waals surface area contributed by atoms with Crippen molar-refractivity contribution >= 4 is 138 Å². The summed E-state index contributed by atoms with van der Waals surface area (Å²) in [4.78, 5) is 258. The lowest BCUT2D eigenvalue weighted by Gasteiger charge is -2.30. The van der Waals surface area contributed by atoms with Gasteiger partial charge in [0.2, 0.25) is 100 Å². The number of aliphatic carboxylic acids is 2. The molecule has 0 spiro atoms. The van der Waals surface area contributed by atoms with Crippen LogP contribution < -0.4 is 104 Å². The lowest BCUT2D eigenvalue weighted by molar-refractivity contribution is -0.143. The van der Waals surface area contributed by atoms with Crippen molar-refractivity contribution in [3.05, 3.63) is 18.2 Å². The van der Waals surface area contributed by atoms with Gasteiger partial charge < -0.3 is 119 Å². The van der Waals surface area contributed by atoms with Crippen molar-refractivity contribution in [2.75, 3.05) is 24.6 Å². The van der Waals surface area contributed by atoms with Crippen LogP contribution in [0.3, 0.4) is 0 Å². The second kappa shape index (κ2) is 48.9. The van der Waals surface area contributed by atoms with Crippen LogP contribution in [0, 0.1) is 23.7 Å². The van der Waals surface area contributed by atoms with Gasteiger partial charge in [0.05, 0.1) is 31.8 Å². The number of carboxylic acids is 2. The van der Waals surface area contributed by atoms with E-state index in [2.05, 4.69) is 104 Å². The topological polar surface area (TPSA) is 706 Å². The van der Waals surface area contributed by atoms with Gasteiger partial charge in [-0.1, -0.05) is 61.8 Å². The average molecular weight is 1570 g/mol. The molecule has 0 radical (unpaired) electrons. The average Bonchev–Trinajstić information content (AvgIpc) is 1.06. The van der Waals surface area contributed by atoms with Gasteiger partial charge in [-0.3, -0.25) is 86.3 Å². The molecule has 0 aliphatic rings. The number of rotatable bonds is 53. The summed E-state index contributed by atoms with van der Waals surface area (Å²) in [5.41, 5.74) is 33.0. The molecule has 1 rings (SSSR count). The molecule has 1 aromatic rings. The maximum atomic E-state index is 14.4. The molecule has 0 aliphatic carbocycles. The number of nitrogens with zero attached hydrogens (tertiary/aromatic N) is 1. The molecule has 0 unspecified atom stereocenters. The molecule has 0 saturated carbocycles. The smallest absolute Gasteiger partial charge is 0.326 e. The van der Waals surface area contributed by atoms with Crippen molar-refractivity contribution in [2.24, 2.45) is 58.1 Å². The zero-order valence-corrected chi connectivity index (χ0v) is 63.2. The number of unbranched alkanes of at least 4 members (excludes halogenated alkanes) is 1. The highest BCUT2D eigenvalue weighted by Gasteiger charge is 2.39. The molecule has 0 bridgehead atoms. The van der Waals surface area contributed by atoms with Crippen molar-refractivity contribution in [3.8, 4) is 0 Å². The minimum atomic E-state index is -1.84. The summed E-state index contributed by atoms with van der Waals surface area (Å²) in [5.74, 6) is -23.9. The van der Waals surface area contributed by atoms with Crippen LogP contribution in [0.4, 0.5) is 0 Å². The van der Waals surface area contributed by atoms with Gasteiger partial charge in [-0.2, -0.15) is 25.3 Å². The Morgan fingerprint density at radius 1 is 0.435 bits per heavy atom. The number of carbonyl (C=O) groups excluding carboxylic acids is 17.